The van der Waals surface area contributed by atoms with Crippen LogP contribution >= 0.6 is 11.8 Å². The van der Waals surface area contributed by atoms with Gasteiger partial charge in [-0.25, -0.2) is 4.98 Å². The topological polar surface area (TPSA) is 55.2 Å². The molecule has 2 atom stereocenters. The molecule has 2 heterocycles. The van der Waals surface area contributed by atoms with E-state index in [1.165, 1.54) is 17.3 Å². The van der Waals surface area contributed by atoms with Crippen LogP contribution in [0.3, 0.4) is 0 Å². The summed E-state index contributed by atoms with van der Waals surface area (Å²) in [7, 11) is 0. The third-order valence-corrected chi connectivity index (χ3v) is 6.53. The van der Waals surface area contributed by atoms with Gasteiger partial charge in [-0.1, -0.05) is 55.9 Å². The number of thioether (sulfide) groups is 1. The van der Waals surface area contributed by atoms with Crippen molar-refractivity contribution in [2.24, 2.45) is 5.92 Å². The molecule has 1 aromatic heterocycles. The van der Waals surface area contributed by atoms with Gasteiger partial charge in [-0.05, 0) is 49.9 Å². The molecule has 1 aliphatic heterocycles. The summed E-state index contributed by atoms with van der Waals surface area (Å²) in [6, 6.07) is 15.6. The number of amides is 1. The molecule has 4 rings (SSSR count). The Labute approximate surface area is 181 Å². The van der Waals surface area contributed by atoms with Crippen LogP contribution in [0.2, 0.25) is 0 Å². The number of fused-ring (bicyclic) bond motifs is 2. The van der Waals surface area contributed by atoms with E-state index in [2.05, 4.69) is 26.8 Å². The molecule has 30 heavy (non-hydrogen) atoms. The molecule has 0 fully saturated rings. The summed E-state index contributed by atoms with van der Waals surface area (Å²) in [4.78, 5) is 33.2. The van der Waals surface area contributed by atoms with Crippen LogP contribution in [0.15, 0.2) is 58.5 Å². The van der Waals surface area contributed by atoms with Gasteiger partial charge in [0, 0.05) is 18.3 Å². The van der Waals surface area contributed by atoms with E-state index in [0.29, 0.717) is 28.5 Å². The summed E-state index contributed by atoms with van der Waals surface area (Å²) >= 11 is 1.37. The van der Waals surface area contributed by atoms with Gasteiger partial charge in [0.1, 0.15) is 0 Å². The lowest BCUT2D eigenvalue weighted by Crippen LogP contribution is -2.40. The predicted octanol–water partition coefficient (Wildman–Crippen LogP) is 4.51. The smallest absolute Gasteiger partial charge is 0.262 e. The van der Waals surface area contributed by atoms with Gasteiger partial charge in [-0.15, -0.1) is 0 Å². The Balaban J connectivity index is 1.68. The maximum atomic E-state index is 13.4. The van der Waals surface area contributed by atoms with E-state index < -0.39 is 0 Å². The van der Waals surface area contributed by atoms with Gasteiger partial charge in [-0.2, -0.15) is 0 Å². The van der Waals surface area contributed by atoms with Gasteiger partial charge < -0.3 is 4.90 Å². The van der Waals surface area contributed by atoms with E-state index in [1.807, 2.05) is 54.3 Å². The molecule has 0 spiro atoms. The third kappa shape index (κ3) is 3.76. The highest BCUT2D eigenvalue weighted by Crippen LogP contribution is 2.34. The number of aromatic nitrogens is 2. The zero-order valence-corrected chi connectivity index (χ0v) is 18.6. The largest absolute Gasteiger partial charge is 0.308 e. The van der Waals surface area contributed by atoms with Crippen molar-refractivity contribution < 1.29 is 4.79 Å². The van der Waals surface area contributed by atoms with Crippen molar-refractivity contribution in [2.75, 3.05) is 4.90 Å². The number of para-hydroxylation sites is 2. The van der Waals surface area contributed by atoms with E-state index >= 15 is 0 Å². The van der Waals surface area contributed by atoms with Crippen LogP contribution in [-0.4, -0.2) is 26.8 Å². The standard InChI is InChI=1S/C24H27N3O2S/c1-15(2)14-26-23(29)19-10-6-7-11-20(19)25-24(26)30-17(4)22(28)27-16(3)13-18-9-5-8-12-21(18)27/h5-12,15-17H,13-14H2,1-4H3/t16-,17-/m0/s1. The lowest BCUT2D eigenvalue weighted by Gasteiger charge is -2.26. The third-order valence-electron chi connectivity index (χ3n) is 5.45. The lowest BCUT2D eigenvalue weighted by molar-refractivity contribution is -0.118. The molecule has 6 heteroatoms. The highest BCUT2D eigenvalue weighted by molar-refractivity contribution is 8.00. The summed E-state index contributed by atoms with van der Waals surface area (Å²) in [5, 5.41) is 0.863. The minimum atomic E-state index is -0.356. The van der Waals surface area contributed by atoms with Gasteiger partial charge >= 0.3 is 0 Å². The maximum absolute atomic E-state index is 13.4. The Hall–Kier alpha value is -2.60. The number of hydrogen-bond donors (Lipinski definition) is 0. The van der Waals surface area contributed by atoms with Crippen LogP contribution in [-0.2, 0) is 17.8 Å². The zero-order chi connectivity index (χ0) is 21.4. The van der Waals surface area contributed by atoms with Crippen molar-refractivity contribution in [3.63, 3.8) is 0 Å². The average Bonchev–Trinajstić information content (AvgIpc) is 3.05. The van der Waals surface area contributed by atoms with E-state index in [1.54, 1.807) is 4.57 Å². The van der Waals surface area contributed by atoms with E-state index in [9.17, 15) is 9.59 Å². The van der Waals surface area contributed by atoms with Crippen LogP contribution in [0.5, 0.6) is 0 Å². The zero-order valence-electron chi connectivity index (χ0n) is 17.8. The molecule has 2 aromatic carbocycles. The molecule has 0 bridgehead atoms. The number of nitrogens with zero attached hydrogens (tertiary/aromatic N) is 3. The first-order valence-electron chi connectivity index (χ1n) is 10.4. The van der Waals surface area contributed by atoms with Gasteiger partial charge in [0.25, 0.3) is 5.56 Å². The van der Waals surface area contributed by atoms with Crippen LogP contribution < -0.4 is 10.5 Å². The van der Waals surface area contributed by atoms with Crippen LogP contribution in [0.25, 0.3) is 10.9 Å². The maximum Gasteiger partial charge on any atom is 0.262 e. The van der Waals surface area contributed by atoms with E-state index in [-0.39, 0.29) is 22.8 Å². The number of benzene rings is 2. The summed E-state index contributed by atoms with van der Waals surface area (Å²) < 4.78 is 1.73. The van der Waals surface area contributed by atoms with E-state index in [4.69, 9.17) is 4.98 Å². The first-order chi connectivity index (χ1) is 14.4. The highest BCUT2D eigenvalue weighted by Gasteiger charge is 2.34. The van der Waals surface area contributed by atoms with Crippen molar-refractivity contribution in [3.8, 4) is 0 Å². The molecule has 0 N–H and O–H groups in total. The van der Waals surface area contributed by atoms with Crippen LogP contribution in [0, 0.1) is 5.92 Å². The van der Waals surface area contributed by atoms with Gasteiger partial charge in [0.15, 0.2) is 5.16 Å². The molecule has 0 saturated heterocycles. The Morgan fingerprint density at radius 2 is 1.83 bits per heavy atom. The van der Waals surface area contributed by atoms with Gasteiger partial charge in [0.05, 0.1) is 16.2 Å². The molecule has 1 aliphatic rings. The van der Waals surface area contributed by atoms with E-state index in [0.717, 1.165) is 12.1 Å². The SMILES string of the molecule is CC(C)Cn1c(S[C@@H](C)C(=O)N2c3ccccc3C[C@@H]2C)nc2ccccc2c1=O. The molecule has 1 amide bonds. The number of carbonyl (C=O) groups is 1. The predicted molar refractivity (Wildman–Crippen MR) is 123 cm³/mol. The van der Waals surface area contributed by atoms with Crippen molar-refractivity contribution in [3.05, 3.63) is 64.4 Å². The van der Waals surface area contributed by atoms with Crippen LogP contribution in [0.1, 0.15) is 33.3 Å². The number of carbonyl (C=O) groups excluding carboxylic acids is 1. The molecule has 3 aromatic rings. The Kier molecular flexibility index (Phi) is 5.69. The summed E-state index contributed by atoms with van der Waals surface area (Å²) in [5.74, 6) is 0.345. The molecule has 0 unspecified atom stereocenters. The van der Waals surface area contributed by atoms with Crippen LogP contribution in [0.4, 0.5) is 5.69 Å². The van der Waals surface area contributed by atoms with Crippen molar-refractivity contribution in [1.29, 1.82) is 0 Å². The number of rotatable bonds is 5. The first-order valence-corrected chi connectivity index (χ1v) is 11.3. The molecule has 0 aliphatic carbocycles. The summed E-state index contributed by atoms with van der Waals surface area (Å²) in [5.41, 5.74) is 2.82. The first kappa shape index (κ1) is 20.7. The minimum absolute atomic E-state index is 0.0451. The average molecular weight is 422 g/mol. The monoisotopic (exact) mass is 421 g/mol. The quantitative estimate of drug-likeness (QED) is 0.449. The van der Waals surface area contributed by atoms with Crippen molar-refractivity contribution in [2.45, 2.75) is 57.1 Å². The Morgan fingerprint density at radius 3 is 2.60 bits per heavy atom. The number of hydrogen-bond acceptors (Lipinski definition) is 4. The molecule has 5 nitrogen and oxygen atoms in total. The Bertz CT molecular complexity index is 1150. The van der Waals surface area contributed by atoms with Gasteiger partial charge in [-0.3, -0.25) is 14.2 Å². The summed E-state index contributed by atoms with van der Waals surface area (Å²) in [6.07, 6.45) is 0.867. The number of anilines is 1. The van der Waals surface area contributed by atoms with Gasteiger partial charge in [0.2, 0.25) is 5.91 Å². The minimum Gasteiger partial charge on any atom is -0.308 e. The fraction of sp³-hybridized carbons (Fsp3) is 0.375. The lowest BCUT2D eigenvalue weighted by atomic mass is 10.1. The summed E-state index contributed by atoms with van der Waals surface area (Å²) in [6.45, 7) is 8.71. The second-order valence-electron chi connectivity index (χ2n) is 8.37. The fourth-order valence-electron chi connectivity index (χ4n) is 4.07. The molecule has 0 saturated carbocycles. The second kappa shape index (κ2) is 8.26. The highest BCUT2D eigenvalue weighted by atomic mass is 32.2. The molecule has 0 radical (unpaired) electrons. The van der Waals surface area contributed by atoms with Crippen molar-refractivity contribution in [1.82, 2.24) is 9.55 Å². The molecular weight excluding hydrogens is 394 g/mol. The molecule has 156 valence electrons. The Morgan fingerprint density at radius 1 is 1.13 bits per heavy atom. The molecular formula is C24H27N3O2S. The fourth-order valence-corrected chi connectivity index (χ4v) is 5.04. The normalized spacial score (nSPS) is 16.8. The second-order valence-corrected chi connectivity index (χ2v) is 9.68. The van der Waals surface area contributed by atoms with Crippen molar-refractivity contribution >= 4 is 34.3 Å².